The second-order valence-electron chi connectivity index (χ2n) is 4.95. The van der Waals surface area contributed by atoms with Crippen molar-refractivity contribution in [2.75, 3.05) is 27.2 Å². The van der Waals surface area contributed by atoms with Gasteiger partial charge in [-0.25, -0.2) is 4.79 Å². The molecule has 0 aromatic carbocycles. The lowest BCUT2D eigenvalue weighted by molar-refractivity contribution is -0.140. The number of amides is 2. The fraction of sp³-hybridized carbons (Fsp3) is 0.833. The van der Waals surface area contributed by atoms with Gasteiger partial charge in [0.25, 0.3) is 0 Å². The maximum Gasteiger partial charge on any atom is 0.320 e. The number of ether oxygens (including phenoxy) is 1. The van der Waals surface area contributed by atoms with Gasteiger partial charge in [-0.1, -0.05) is 13.8 Å². The molecule has 0 aromatic heterocycles. The highest BCUT2D eigenvalue weighted by atomic mass is 16.5. The Bertz CT molecular complexity index is 291. The van der Waals surface area contributed by atoms with Gasteiger partial charge in [0.1, 0.15) is 0 Å². The molecule has 0 N–H and O–H groups in total. The first-order valence-electron chi connectivity index (χ1n) is 6.04. The molecule has 1 aliphatic rings. The fourth-order valence-corrected chi connectivity index (χ4v) is 2.13. The van der Waals surface area contributed by atoms with E-state index in [-0.39, 0.29) is 24.5 Å². The van der Waals surface area contributed by atoms with Gasteiger partial charge in [0.15, 0.2) is 0 Å². The molecule has 5 nitrogen and oxygen atoms in total. The van der Waals surface area contributed by atoms with Gasteiger partial charge in [-0.05, 0) is 12.3 Å². The third kappa shape index (κ3) is 3.61. The van der Waals surface area contributed by atoms with Crippen LogP contribution in [0, 0.1) is 5.92 Å². The molecule has 1 fully saturated rings. The van der Waals surface area contributed by atoms with Gasteiger partial charge in [0.2, 0.25) is 0 Å². The molecule has 1 atom stereocenters. The van der Waals surface area contributed by atoms with Crippen LogP contribution < -0.4 is 0 Å². The van der Waals surface area contributed by atoms with Crippen LogP contribution in [0.5, 0.6) is 0 Å². The predicted molar refractivity (Wildman–Crippen MR) is 64.6 cm³/mol. The molecule has 1 unspecified atom stereocenters. The van der Waals surface area contributed by atoms with Crippen LogP contribution in [0.4, 0.5) is 4.79 Å². The summed E-state index contributed by atoms with van der Waals surface area (Å²) in [7, 11) is 3.19. The first kappa shape index (κ1) is 13.8. The molecule has 0 aromatic rings. The van der Waals surface area contributed by atoms with Crippen LogP contribution in [0.2, 0.25) is 0 Å². The molecule has 0 radical (unpaired) electrons. The number of likely N-dealkylation sites (N-methyl/N-ethyl adjacent to an activating group) is 1. The van der Waals surface area contributed by atoms with Crippen LogP contribution in [-0.4, -0.2) is 55.1 Å². The molecule has 0 spiro atoms. The number of esters is 1. The van der Waals surface area contributed by atoms with E-state index in [0.717, 1.165) is 6.42 Å². The van der Waals surface area contributed by atoms with E-state index in [1.165, 1.54) is 7.11 Å². The SMILES string of the molecule is COC(=O)CCN1CC(CC(C)C)N(C)C1=O. The molecule has 1 aliphatic heterocycles. The molecular formula is C12H22N2O3. The fourth-order valence-electron chi connectivity index (χ4n) is 2.13. The van der Waals surface area contributed by atoms with Crippen molar-refractivity contribution in [3.63, 3.8) is 0 Å². The smallest absolute Gasteiger partial charge is 0.320 e. The van der Waals surface area contributed by atoms with Crippen LogP contribution in [-0.2, 0) is 9.53 Å². The summed E-state index contributed by atoms with van der Waals surface area (Å²) in [6.45, 7) is 5.46. The van der Waals surface area contributed by atoms with Gasteiger partial charge >= 0.3 is 12.0 Å². The largest absolute Gasteiger partial charge is 0.469 e. The van der Waals surface area contributed by atoms with Gasteiger partial charge in [-0.2, -0.15) is 0 Å². The summed E-state index contributed by atoms with van der Waals surface area (Å²) in [5.41, 5.74) is 0. The molecule has 17 heavy (non-hydrogen) atoms. The second kappa shape index (κ2) is 5.89. The molecule has 0 aliphatic carbocycles. The Morgan fingerprint density at radius 1 is 1.53 bits per heavy atom. The summed E-state index contributed by atoms with van der Waals surface area (Å²) >= 11 is 0. The minimum Gasteiger partial charge on any atom is -0.469 e. The molecular weight excluding hydrogens is 220 g/mol. The summed E-state index contributed by atoms with van der Waals surface area (Å²) in [6, 6.07) is 0.278. The van der Waals surface area contributed by atoms with E-state index in [2.05, 4.69) is 18.6 Å². The van der Waals surface area contributed by atoms with Crippen molar-refractivity contribution in [1.29, 1.82) is 0 Å². The maximum atomic E-state index is 11.9. The van der Waals surface area contributed by atoms with Crippen molar-refractivity contribution in [2.45, 2.75) is 32.7 Å². The molecule has 1 rings (SSSR count). The van der Waals surface area contributed by atoms with Crippen LogP contribution in [0.25, 0.3) is 0 Å². The Morgan fingerprint density at radius 3 is 2.71 bits per heavy atom. The second-order valence-corrected chi connectivity index (χ2v) is 4.95. The number of hydrogen-bond acceptors (Lipinski definition) is 3. The van der Waals surface area contributed by atoms with Crippen molar-refractivity contribution >= 4 is 12.0 Å². The van der Waals surface area contributed by atoms with Crippen molar-refractivity contribution in [3.8, 4) is 0 Å². The lowest BCUT2D eigenvalue weighted by atomic mass is 10.0. The van der Waals surface area contributed by atoms with Crippen molar-refractivity contribution in [2.24, 2.45) is 5.92 Å². The minimum atomic E-state index is -0.271. The maximum absolute atomic E-state index is 11.9. The summed E-state index contributed by atoms with van der Waals surface area (Å²) in [6.07, 6.45) is 1.27. The summed E-state index contributed by atoms with van der Waals surface area (Å²) in [4.78, 5) is 26.4. The van der Waals surface area contributed by atoms with E-state index < -0.39 is 0 Å². The quantitative estimate of drug-likeness (QED) is 0.683. The number of rotatable bonds is 5. The van der Waals surface area contributed by atoms with Crippen LogP contribution in [0.1, 0.15) is 26.7 Å². The van der Waals surface area contributed by atoms with Crippen molar-refractivity contribution in [3.05, 3.63) is 0 Å². The van der Waals surface area contributed by atoms with Gasteiger partial charge in [0, 0.05) is 20.1 Å². The Balaban J connectivity index is 2.48. The van der Waals surface area contributed by atoms with Crippen molar-refractivity contribution < 1.29 is 14.3 Å². The Morgan fingerprint density at radius 2 is 2.18 bits per heavy atom. The molecule has 5 heteroatoms. The molecule has 98 valence electrons. The highest BCUT2D eigenvalue weighted by molar-refractivity contribution is 5.78. The average molecular weight is 242 g/mol. The predicted octanol–water partition coefficient (Wildman–Crippen LogP) is 1.33. The zero-order chi connectivity index (χ0) is 13.0. The lowest BCUT2D eigenvalue weighted by Gasteiger charge is -2.19. The summed E-state index contributed by atoms with van der Waals surface area (Å²) in [5.74, 6) is 0.295. The Labute approximate surface area is 103 Å². The molecule has 0 bridgehead atoms. The van der Waals surface area contributed by atoms with E-state index >= 15 is 0 Å². The van der Waals surface area contributed by atoms with Crippen molar-refractivity contribution in [1.82, 2.24) is 9.80 Å². The van der Waals surface area contributed by atoms with E-state index in [9.17, 15) is 9.59 Å². The van der Waals surface area contributed by atoms with Gasteiger partial charge in [-0.15, -0.1) is 0 Å². The molecule has 1 heterocycles. The molecule has 0 saturated carbocycles. The first-order chi connectivity index (χ1) is 7.95. The van der Waals surface area contributed by atoms with E-state index in [1.54, 1.807) is 9.80 Å². The number of hydrogen-bond donors (Lipinski definition) is 0. The number of carbonyl (C=O) groups is 2. The summed E-state index contributed by atoms with van der Waals surface area (Å²) < 4.78 is 4.57. The molecule has 1 saturated heterocycles. The first-order valence-corrected chi connectivity index (χ1v) is 6.04. The Kier molecular flexibility index (Phi) is 4.78. The highest BCUT2D eigenvalue weighted by Crippen LogP contribution is 2.20. The highest BCUT2D eigenvalue weighted by Gasteiger charge is 2.34. The Hall–Kier alpha value is -1.26. The van der Waals surface area contributed by atoms with E-state index in [1.807, 2.05) is 7.05 Å². The third-order valence-corrected chi connectivity index (χ3v) is 3.11. The summed E-state index contributed by atoms with van der Waals surface area (Å²) in [5, 5.41) is 0. The average Bonchev–Trinajstić information content (AvgIpc) is 2.53. The number of methoxy groups -OCH3 is 1. The van der Waals surface area contributed by atoms with Crippen LogP contribution >= 0.6 is 0 Å². The van der Waals surface area contributed by atoms with Gasteiger partial charge in [-0.3, -0.25) is 4.79 Å². The lowest BCUT2D eigenvalue weighted by Crippen LogP contribution is -2.32. The number of carbonyl (C=O) groups excluding carboxylic acids is 2. The normalized spacial score (nSPS) is 20.3. The van der Waals surface area contributed by atoms with Crippen LogP contribution in [0.15, 0.2) is 0 Å². The standard InChI is InChI=1S/C12H22N2O3/c1-9(2)7-10-8-14(12(16)13(10)3)6-5-11(15)17-4/h9-10H,5-8H2,1-4H3. The van der Waals surface area contributed by atoms with Crippen LogP contribution in [0.3, 0.4) is 0 Å². The van der Waals surface area contributed by atoms with Gasteiger partial charge in [0.05, 0.1) is 19.6 Å². The van der Waals surface area contributed by atoms with Gasteiger partial charge < -0.3 is 14.5 Å². The number of urea groups is 1. The number of nitrogens with zero attached hydrogens (tertiary/aromatic N) is 2. The zero-order valence-corrected chi connectivity index (χ0v) is 11.1. The topological polar surface area (TPSA) is 49.9 Å². The molecule has 2 amide bonds. The third-order valence-electron chi connectivity index (χ3n) is 3.11. The zero-order valence-electron chi connectivity index (χ0n) is 11.1. The minimum absolute atomic E-state index is 0.0135. The van der Waals surface area contributed by atoms with E-state index in [0.29, 0.717) is 19.0 Å². The monoisotopic (exact) mass is 242 g/mol. The van der Waals surface area contributed by atoms with E-state index in [4.69, 9.17) is 0 Å².